The Morgan fingerprint density at radius 2 is 2.22 bits per heavy atom. The molecule has 1 atom stereocenters. The molecule has 3 aromatic rings. The molecule has 3 rings (SSSR count). The van der Waals surface area contributed by atoms with Crippen molar-refractivity contribution in [2.24, 2.45) is 0 Å². The number of amides is 1. The van der Waals surface area contributed by atoms with Crippen LogP contribution in [-0.2, 0) is 5.60 Å². The van der Waals surface area contributed by atoms with Gasteiger partial charge in [0.2, 0.25) is 0 Å². The van der Waals surface area contributed by atoms with E-state index in [4.69, 9.17) is 4.42 Å². The zero-order valence-electron chi connectivity index (χ0n) is 12.4. The third kappa shape index (κ3) is 2.86. The van der Waals surface area contributed by atoms with Gasteiger partial charge in [-0.1, -0.05) is 6.07 Å². The topological polar surface area (TPSA) is 96.8 Å². The van der Waals surface area contributed by atoms with E-state index in [9.17, 15) is 14.7 Å². The number of aliphatic hydroxyl groups is 1. The molecule has 1 amide bonds. The molecule has 7 heteroatoms. The summed E-state index contributed by atoms with van der Waals surface area (Å²) in [6.07, 6.45) is 4.21. The van der Waals surface area contributed by atoms with Gasteiger partial charge in [0.25, 0.3) is 11.5 Å². The molecule has 118 valence electrons. The Hall–Kier alpha value is -2.93. The lowest BCUT2D eigenvalue weighted by Gasteiger charge is -2.21. The van der Waals surface area contributed by atoms with Gasteiger partial charge in [-0.3, -0.25) is 14.0 Å². The highest BCUT2D eigenvalue weighted by molar-refractivity contribution is 5.93. The lowest BCUT2D eigenvalue weighted by molar-refractivity contribution is 0.0330. The molecule has 0 aliphatic carbocycles. The molecule has 3 aromatic heterocycles. The number of furan rings is 1. The fourth-order valence-corrected chi connectivity index (χ4v) is 2.20. The smallest absolute Gasteiger partial charge is 0.270 e. The highest BCUT2D eigenvalue weighted by atomic mass is 16.4. The zero-order chi connectivity index (χ0) is 16.4. The van der Waals surface area contributed by atoms with Gasteiger partial charge in [0.1, 0.15) is 22.6 Å². The maximum atomic E-state index is 12.3. The fourth-order valence-electron chi connectivity index (χ4n) is 2.20. The van der Waals surface area contributed by atoms with Crippen molar-refractivity contribution >= 4 is 11.6 Å². The van der Waals surface area contributed by atoms with Crippen LogP contribution < -0.4 is 10.9 Å². The zero-order valence-corrected chi connectivity index (χ0v) is 12.4. The number of nitrogens with zero attached hydrogens (tertiary/aromatic N) is 2. The molecule has 0 fully saturated rings. The van der Waals surface area contributed by atoms with Crippen LogP contribution in [0.15, 0.2) is 58.2 Å². The summed E-state index contributed by atoms with van der Waals surface area (Å²) in [5.74, 6) is -0.279. The average Bonchev–Trinajstić information content (AvgIpc) is 3.09. The molecule has 23 heavy (non-hydrogen) atoms. The average molecular weight is 313 g/mol. The second-order valence-electron chi connectivity index (χ2n) is 5.34. The monoisotopic (exact) mass is 313 g/mol. The van der Waals surface area contributed by atoms with Gasteiger partial charge in [-0.25, -0.2) is 4.98 Å². The minimum Gasteiger partial charge on any atom is -0.466 e. The maximum Gasteiger partial charge on any atom is 0.270 e. The summed E-state index contributed by atoms with van der Waals surface area (Å²) in [5, 5.41) is 12.8. The van der Waals surface area contributed by atoms with E-state index >= 15 is 0 Å². The standard InChI is InChI=1S/C16H15N3O4/c1-16(22,12-5-4-8-23-12)10-18-14(20)11-9-17-13-6-2-3-7-19(13)15(11)21/h2-9,22H,10H2,1H3,(H,18,20). The first-order valence-corrected chi connectivity index (χ1v) is 7.00. The van der Waals surface area contributed by atoms with Crippen LogP contribution in [0.5, 0.6) is 0 Å². The Balaban J connectivity index is 1.82. The SMILES string of the molecule is CC(O)(CNC(=O)c1cnc2ccccn2c1=O)c1ccco1. The largest absolute Gasteiger partial charge is 0.466 e. The second-order valence-corrected chi connectivity index (χ2v) is 5.34. The van der Waals surface area contributed by atoms with Crippen LogP contribution in [-0.4, -0.2) is 26.9 Å². The third-order valence-electron chi connectivity index (χ3n) is 3.50. The first kappa shape index (κ1) is 15.0. The van der Waals surface area contributed by atoms with Gasteiger partial charge >= 0.3 is 0 Å². The van der Waals surface area contributed by atoms with Gasteiger partial charge in [0.15, 0.2) is 0 Å². The van der Waals surface area contributed by atoms with E-state index in [0.29, 0.717) is 11.4 Å². The van der Waals surface area contributed by atoms with Crippen molar-refractivity contribution in [1.82, 2.24) is 14.7 Å². The van der Waals surface area contributed by atoms with Gasteiger partial charge in [0, 0.05) is 12.4 Å². The number of hydrogen-bond acceptors (Lipinski definition) is 5. The van der Waals surface area contributed by atoms with E-state index in [2.05, 4.69) is 10.3 Å². The number of hydrogen-bond donors (Lipinski definition) is 2. The molecule has 0 saturated carbocycles. The predicted octanol–water partition coefficient (Wildman–Crippen LogP) is 0.925. The predicted molar refractivity (Wildman–Crippen MR) is 82.1 cm³/mol. The Kier molecular flexibility index (Phi) is 3.71. The highest BCUT2D eigenvalue weighted by Crippen LogP contribution is 2.19. The van der Waals surface area contributed by atoms with Crippen LogP contribution in [0.25, 0.3) is 5.65 Å². The Labute approximate surface area is 131 Å². The summed E-state index contributed by atoms with van der Waals surface area (Å²) >= 11 is 0. The lowest BCUT2D eigenvalue weighted by Crippen LogP contribution is -2.40. The molecule has 3 heterocycles. The van der Waals surface area contributed by atoms with Crippen molar-refractivity contribution in [3.63, 3.8) is 0 Å². The first-order chi connectivity index (χ1) is 11.0. The van der Waals surface area contributed by atoms with E-state index in [1.54, 1.807) is 36.5 Å². The lowest BCUT2D eigenvalue weighted by atomic mass is 10.0. The first-order valence-electron chi connectivity index (χ1n) is 7.00. The molecule has 0 saturated heterocycles. The Morgan fingerprint density at radius 1 is 1.39 bits per heavy atom. The Morgan fingerprint density at radius 3 is 2.96 bits per heavy atom. The van der Waals surface area contributed by atoms with Crippen molar-refractivity contribution in [3.05, 3.63) is 70.7 Å². The van der Waals surface area contributed by atoms with Crippen LogP contribution in [0.2, 0.25) is 0 Å². The summed E-state index contributed by atoms with van der Waals surface area (Å²) in [6, 6.07) is 8.36. The molecule has 0 aromatic carbocycles. The van der Waals surface area contributed by atoms with E-state index in [0.717, 1.165) is 0 Å². The van der Waals surface area contributed by atoms with Crippen molar-refractivity contribution in [3.8, 4) is 0 Å². The number of rotatable bonds is 4. The molecule has 0 aliphatic rings. The minimum atomic E-state index is -1.38. The second kappa shape index (κ2) is 5.69. The van der Waals surface area contributed by atoms with E-state index in [1.165, 1.54) is 23.8 Å². The molecule has 0 aliphatic heterocycles. The van der Waals surface area contributed by atoms with Gasteiger partial charge in [-0.05, 0) is 31.2 Å². The number of carbonyl (C=O) groups is 1. The quantitative estimate of drug-likeness (QED) is 0.747. The molecule has 0 radical (unpaired) electrons. The summed E-state index contributed by atoms with van der Waals surface area (Å²) in [6.45, 7) is 1.41. The Bertz CT molecular complexity index is 897. The van der Waals surface area contributed by atoms with E-state index in [1.807, 2.05) is 0 Å². The van der Waals surface area contributed by atoms with Gasteiger partial charge in [-0.15, -0.1) is 0 Å². The number of aromatic nitrogens is 2. The van der Waals surface area contributed by atoms with Crippen LogP contribution in [0.4, 0.5) is 0 Å². The molecule has 0 bridgehead atoms. The van der Waals surface area contributed by atoms with Crippen LogP contribution in [0.3, 0.4) is 0 Å². The minimum absolute atomic E-state index is 0.0936. The summed E-state index contributed by atoms with van der Waals surface area (Å²) in [5.41, 5.74) is -1.48. The highest BCUT2D eigenvalue weighted by Gasteiger charge is 2.27. The van der Waals surface area contributed by atoms with E-state index < -0.39 is 17.1 Å². The third-order valence-corrected chi connectivity index (χ3v) is 3.50. The van der Waals surface area contributed by atoms with Crippen LogP contribution in [0.1, 0.15) is 23.0 Å². The number of carbonyl (C=O) groups excluding carboxylic acids is 1. The van der Waals surface area contributed by atoms with Gasteiger partial charge in [-0.2, -0.15) is 0 Å². The van der Waals surface area contributed by atoms with Crippen molar-refractivity contribution in [2.75, 3.05) is 6.54 Å². The molecule has 1 unspecified atom stereocenters. The van der Waals surface area contributed by atoms with Gasteiger partial charge in [0.05, 0.1) is 12.8 Å². The molecular formula is C16H15N3O4. The summed E-state index contributed by atoms with van der Waals surface area (Å²) in [7, 11) is 0. The number of pyridine rings is 1. The number of nitrogens with one attached hydrogen (secondary N) is 1. The van der Waals surface area contributed by atoms with Crippen LogP contribution in [0, 0.1) is 0 Å². The summed E-state index contributed by atoms with van der Waals surface area (Å²) < 4.78 is 6.43. The molecule has 0 spiro atoms. The van der Waals surface area contributed by atoms with Gasteiger partial charge < -0.3 is 14.8 Å². The molecule has 7 nitrogen and oxygen atoms in total. The molecular weight excluding hydrogens is 298 g/mol. The fraction of sp³-hybridized carbons (Fsp3) is 0.188. The van der Waals surface area contributed by atoms with E-state index in [-0.39, 0.29) is 12.1 Å². The summed E-state index contributed by atoms with van der Waals surface area (Å²) in [4.78, 5) is 28.6. The van der Waals surface area contributed by atoms with Crippen molar-refractivity contribution in [2.45, 2.75) is 12.5 Å². The van der Waals surface area contributed by atoms with Crippen molar-refractivity contribution < 1.29 is 14.3 Å². The van der Waals surface area contributed by atoms with Crippen LogP contribution >= 0.6 is 0 Å². The normalized spacial score (nSPS) is 13.7. The number of fused-ring (bicyclic) bond motifs is 1. The van der Waals surface area contributed by atoms with Crippen molar-refractivity contribution in [1.29, 1.82) is 0 Å². The maximum absolute atomic E-state index is 12.3. The molecule has 2 N–H and O–H groups in total.